The maximum atomic E-state index is 5.96. The average Bonchev–Trinajstić information content (AvgIpc) is 3.05. The van der Waals surface area contributed by atoms with Crippen LogP contribution < -0.4 is 0 Å². The van der Waals surface area contributed by atoms with Crippen molar-refractivity contribution in [3.8, 4) is 22.5 Å². The second kappa shape index (κ2) is 5.27. The van der Waals surface area contributed by atoms with Crippen LogP contribution in [0.5, 0.6) is 0 Å². The van der Waals surface area contributed by atoms with Gasteiger partial charge in [-0.05, 0) is 24.6 Å². The number of hydrogen-bond donors (Lipinski definition) is 0. The highest BCUT2D eigenvalue weighted by molar-refractivity contribution is 7.17. The molecule has 0 saturated heterocycles. The highest BCUT2D eigenvalue weighted by Gasteiger charge is 2.14. The molecule has 2 heterocycles. The minimum Gasteiger partial charge on any atom is -0.289 e. The summed E-state index contributed by atoms with van der Waals surface area (Å²) >= 11 is 7.68. The zero-order valence-corrected chi connectivity index (χ0v) is 13.5. The van der Waals surface area contributed by atoms with Crippen LogP contribution in [0.3, 0.4) is 0 Å². The van der Waals surface area contributed by atoms with Crippen molar-refractivity contribution in [2.45, 2.75) is 6.92 Å². The van der Waals surface area contributed by atoms with Gasteiger partial charge in [-0.15, -0.1) is 11.3 Å². The highest BCUT2D eigenvalue weighted by atomic mass is 35.5. The normalized spacial score (nSPS) is 11.2. The lowest BCUT2D eigenvalue weighted by Crippen LogP contribution is -1.85. The number of aryl methyl sites for hydroxylation is 1. The van der Waals surface area contributed by atoms with Crippen LogP contribution in [0.25, 0.3) is 27.5 Å². The van der Waals surface area contributed by atoms with E-state index in [0.717, 1.165) is 21.2 Å². The van der Waals surface area contributed by atoms with Gasteiger partial charge in [-0.2, -0.15) is 0 Å². The average molecular weight is 325 g/mol. The van der Waals surface area contributed by atoms with Crippen molar-refractivity contribution in [1.82, 2.24) is 9.38 Å². The first-order valence-electron chi connectivity index (χ1n) is 7.02. The van der Waals surface area contributed by atoms with E-state index in [1.54, 1.807) is 11.3 Å². The summed E-state index contributed by atoms with van der Waals surface area (Å²) in [4.78, 5) is 7.05. The van der Waals surface area contributed by atoms with Gasteiger partial charge in [-0.25, -0.2) is 4.98 Å². The standard InChI is InChI=1S/C18H13ClN2S/c1-12-17(14-5-3-2-4-6-14)21-11-16(20-18(21)22-12)13-7-9-15(19)10-8-13/h2-11H,1H3. The number of thiazole rings is 1. The van der Waals surface area contributed by atoms with Crippen LogP contribution in [0, 0.1) is 6.92 Å². The van der Waals surface area contributed by atoms with Gasteiger partial charge >= 0.3 is 0 Å². The van der Waals surface area contributed by atoms with Crippen molar-refractivity contribution in [3.05, 3.63) is 70.7 Å². The highest BCUT2D eigenvalue weighted by Crippen LogP contribution is 2.33. The Morgan fingerprint density at radius 1 is 0.955 bits per heavy atom. The summed E-state index contributed by atoms with van der Waals surface area (Å²) in [6.07, 6.45) is 2.10. The Kier molecular flexibility index (Phi) is 3.25. The molecule has 108 valence electrons. The fourth-order valence-corrected chi connectivity index (χ4v) is 3.75. The van der Waals surface area contributed by atoms with E-state index in [2.05, 4.69) is 41.8 Å². The molecule has 0 N–H and O–H groups in total. The van der Waals surface area contributed by atoms with E-state index in [0.29, 0.717) is 0 Å². The predicted octanol–water partition coefficient (Wildman–Crippen LogP) is 5.69. The van der Waals surface area contributed by atoms with Crippen LogP contribution in [0.4, 0.5) is 0 Å². The molecule has 0 aliphatic carbocycles. The van der Waals surface area contributed by atoms with E-state index in [1.807, 2.05) is 30.3 Å². The van der Waals surface area contributed by atoms with E-state index >= 15 is 0 Å². The number of halogens is 1. The molecule has 2 aromatic heterocycles. The van der Waals surface area contributed by atoms with Gasteiger partial charge in [0.1, 0.15) is 0 Å². The van der Waals surface area contributed by atoms with Crippen LogP contribution in [0.1, 0.15) is 4.88 Å². The molecular formula is C18H13ClN2S. The van der Waals surface area contributed by atoms with Gasteiger partial charge in [-0.3, -0.25) is 4.40 Å². The molecule has 4 rings (SSSR count). The fourth-order valence-electron chi connectivity index (χ4n) is 2.65. The predicted molar refractivity (Wildman–Crippen MR) is 93.7 cm³/mol. The van der Waals surface area contributed by atoms with Crippen molar-refractivity contribution in [1.29, 1.82) is 0 Å². The Morgan fingerprint density at radius 2 is 1.68 bits per heavy atom. The minimum atomic E-state index is 0.741. The third-order valence-electron chi connectivity index (χ3n) is 3.68. The lowest BCUT2D eigenvalue weighted by atomic mass is 10.1. The quantitative estimate of drug-likeness (QED) is 0.463. The summed E-state index contributed by atoms with van der Waals surface area (Å²) < 4.78 is 2.18. The van der Waals surface area contributed by atoms with Crippen molar-refractivity contribution >= 4 is 27.9 Å². The lowest BCUT2D eigenvalue weighted by molar-refractivity contribution is 1.22. The summed E-state index contributed by atoms with van der Waals surface area (Å²) in [5, 5.41) is 0.741. The van der Waals surface area contributed by atoms with Gasteiger partial charge in [0.05, 0.1) is 11.4 Å². The molecular weight excluding hydrogens is 312 g/mol. The molecule has 0 unspecified atom stereocenters. The molecule has 0 bridgehead atoms. The summed E-state index contributed by atoms with van der Waals surface area (Å²) in [5.41, 5.74) is 4.48. The molecule has 2 aromatic carbocycles. The molecule has 0 aliphatic rings. The molecule has 0 aliphatic heterocycles. The third kappa shape index (κ3) is 2.23. The van der Waals surface area contributed by atoms with Gasteiger partial charge in [0.25, 0.3) is 0 Å². The molecule has 22 heavy (non-hydrogen) atoms. The van der Waals surface area contributed by atoms with Gasteiger partial charge in [0.15, 0.2) is 4.96 Å². The Hall–Kier alpha value is -2.10. The first kappa shape index (κ1) is 13.6. The first-order chi connectivity index (χ1) is 10.7. The zero-order valence-electron chi connectivity index (χ0n) is 12.0. The van der Waals surface area contributed by atoms with E-state index < -0.39 is 0 Å². The van der Waals surface area contributed by atoms with Crippen molar-refractivity contribution < 1.29 is 0 Å². The molecule has 0 fully saturated rings. The number of nitrogens with zero attached hydrogens (tertiary/aromatic N) is 2. The Labute approximate surface area is 137 Å². The maximum Gasteiger partial charge on any atom is 0.194 e. The van der Waals surface area contributed by atoms with E-state index in [4.69, 9.17) is 16.6 Å². The number of benzene rings is 2. The first-order valence-corrected chi connectivity index (χ1v) is 8.22. The Morgan fingerprint density at radius 3 is 2.41 bits per heavy atom. The number of rotatable bonds is 2. The third-order valence-corrected chi connectivity index (χ3v) is 4.90. The zero-order chi connectivity index (χ0) is 15.1. The largest absolute Gasteiger partial charge is 0.289 e. The van der Waals surface area contributed by atoms with Gasteiger partial charge < -0.3 is 0 Å². The van der Waals surface area contributed by atoms with Crippen molar-refractivity contribution in [2.75, 3.05) is 0 Å². The topological polar surface area (TPSA) is 17.3 Å². The van der Waals surface area contributed by atoms with Gasteiger partial charge in [-0.1, -0.05) is 54.1 Å². The number of hydrogen-bond acceptors (Lipinski definition) is 2. The molecule has 2 nitrogen and oxygen atoms in total. The SMILES string of the molecule is Cc1sc2nc(-c3ccc(Cl)cc3)cn2c1-c1ccccc1. The van der Waals surface area contributed by atoms with E-state index in [1.165, 1.54) is 16.1 Å². The summed E-state index contributed by atoms with van der Waals surface area (Å²) in [6.45, 7) is 2.14. The van der Waals surface area contributed by atoms with Gasteiger partial charge in [0.2, 0.25) is 0 Å². The van der Waals surface area contributed by atoms with Crippen LogP contribution in [-0.4, -0.2) is 9.38 Å². The summed E-state index contributed by atoms with van der Waals surface area (Å²) in [5.74, 6) is 0. The molecule has 0 spiro atoms. The maximum absolute atomic E-state index is 5.96. The summed E-state index contributed by atoms with van der Waals surface area (Å²) in [7, 11) is 0. The fraction of sp³-hybridized carbons (Fsp3) is 0.0556. The van der Waals surface area contributed by atoms with Crippen molar-refractivity contribution in [3.63, 3.8) is 0 Å². The Bertz CT molecular complexity index is 937. The van der Waals surface area contributed by atoms with Crippen LogP contribution in [-0.2, 0) is 0 Å². The monoisotopic (exact) mass is 324 g/mol. The van der Waals surface area contributed by atoms with E-state index in [9.17, 15) is 0 Å². The molecule has 4 heteroatoms. The van der Waals surface area contributed by atoms with Crippen LogP contribution >= 0.6 is 22.9 Å². The second-order valence-corrected chi connectivity index (χ2v) is 6.78. The number of aromatic nitrogens is 2. The van der Waals surface area contributed by atoms with Crippen LogP contribution in [0.15, 0.2) is 60.8 Å². The van der Waals surface area contributed by atoms with Crippen LogP contribution in [0.2, 0.25) is 5.02 Å². The molecule has 0 saturated carbocycles. The summed E-state index contributed by atoms with van der Waals surface area (Å²) in [6, 6.07) is 18.2. The second-order valence-electron chi connectivity index (χ2n) is 5.16. The molecule has 4 aromatic rings. The Balaban J connectivity index is 1.89. The molecule has 0 radical (unpaired) electrons. The lowest BCUT2D eigenvalue weighted by Gasteiger charge is -2.01. The molecule has 0 atom stereocenters. The number of fused-ring (bicyclic) bond motifs is 1. The number of imidazole rings is 1. The smallest absolute Gasteiger partial charge is 0.194 e. The van der Waals surface area contributed by atoms with Gasteiger partial charge in [0, 0.05) is 21.7 Å². The minimum absolute atomic E-state index is 0.741. The van der Waals surface area contributed by atoms with Crippen molar-refractivity contribution in [2.24, 2.45) is 0 Å². The molecule has 0 amide bonds. The van der Waals surface area contributed by atoms with E-state index in [-0.39, 0.29) is 0 Å².